The minimum atomic E-state index is 0. The SMILES string of the molecule is C[CH-]C.I.[Mn]. The fourth-order valence-electron chi connectivity index (χ4n) is 0. The van der Waals surface area contributed by atoms with Crippen LogP contribution in [0.5, 0.6) is 0 Å². The Morgan fingerprint density at radius 3 is 1.20 bits per heavy atom. The summed E-state index contributed by atoms with van der Waals surface area (Å²) in [6.07, 6.45) is 2.00. The van der Waals surface area contributed by atoms with Crippen molar-refractivity contribution >= 4 is 24.0 Å². The van der Waals surface area contributed by atoms with Crippen molar-refractivity contribution in [2.24, 2.45) is 0 Å². The molecule has 2 heteroatoms. The van der Waals surface area contributed by atoms with Gasteiger partial charge in [-0.2, -0.15) is 13.8 Å². The van der Waals surface area contributed by atoms with Crippen LogP contribution in [0.25, 0.3) is 0 Å². The molecule has 0 spiro atoms. The molecule has 0 aliphatic carbocycles. The summed E-state index contributed by atoms with van der Waals surface area (Å²) in [6, 6.07) is 0. The van der Waals surface area contributed by atoms with E-state index < -0.39 is 0 Å². The van der Waals surface area contributed by atoms with Gasteiger partial charge in [0.15, 0.2) is 0 Å². The molecule has 0 heterocycles. The number of hydrogen-bond acceptors (Lipinski definition) is 0. The van der Waals surface area contributed by atoms with Crippen molar-refractivity contribution in [1.29, 1.82) is 0 Å². The van der Waals surface area contributed by atoms with Crippen molar-refractivity contribution in [2.75, 3.05) is 0 Å². The summed E-state index contributed by atoms with van der Waals surface area (Å²) in [5.41, 5.74) is 0. The normalized spacial score (nSPS) is 3.60. The van der Waals surface area contributed by atoms with Gasteiger partial charge in [0.2, 0.25) is 0 Å². The Hall–Kier alpha value is 1.25. The van der Waals surface area contributed by atoms with Crippen LogP contribution in [0.1, 0.15) is 13.8 Å². The van der Waals surface area contributed by atoms with E-state index in [2.05, 4.69) is 0 Å². The topological polar surface area (TPSA) is 0 Å². The van der Waals surface area contributed by atoms with Crippen LogP contribution in [0.3, 0.4) is 0 Å². The number of rotatable bonds is 0. The maximum atomic E-state index is 2.00. The van der Waals surface area contributed by atoms with Crippen LogP contribution in [0.2, 0.25) is 0 Å². The van der Waals surface area contributed by atoms with E-state index in [4.69, 9.17) is 0 Å². The van der Waals surface area contributed by atoms with Gasteiger partial charge in [-0.15, -0.1) is 24.0 Å². The van der Waals surface area contributed by atoms with Gasteiger partial charge in [0.05, 0.1) is 0 Å². The molecule has 0 saturated heterocycles. The maximum Gasteiger partial charge on any atom is 0 e. The van der Waals surface area contributed by atoms with Gasteiger partial charge in [-0.1, -0.05) is 0 Å². The van der Waals surface area contributed by atoms with Crippen LogP contribution >= 0.6 is 24.0 Å². The van der Waals surface area contributed by atoms with Gasteiger partial charge in [0.25, 0.3) is 0 Å². The summed E-state index contributed by atoms with van der Waals surface area (Å²) in [7, 11) is 0. The maximum absolute atomic E-state index is 2.00. The quantitative estimate of drug-likeness (QED) is 0.336. The molecule has 1 radical (unpaired) electrons. The molecule has 0 aliphatic rings. The fraction of sp³-hybridized carbons (Fsp3) is 0.667. The van der Waals surface area contributed by atoms with Crippen LogP contribution in [0.4, 0.5) is 0 Å². The van der Waals surface area contributed by atoms with Crippen LogP contribution in [0, 0.1) is 6.42 Å². The third kappa shape index (κ3) is 35.5. The van der Waals surface area contributed by atoms with E-state index in [1.807, 2.05) is 20.3 Å². The van der Waals surface area contributed by atoms with E-state index in [-0.39, 0.29) is 41.0 Å². The average Bonchev–Trinajstić information content (AvgIpc) is 0.918. The van der Waals surface area contributed by atoms with Gasteiger partial charge < -0.3 is 6.42 Å². The second-order valence-electron chi connectivity index (χ2n) is 0.577. The van der Waals surface area contributed by atoms with Crippen molar-refractivity contribution in [3.8, 4) is 0 Å². The molecule has 0 atom stereocenters. The first kappa shape index (κ1) is 16.3. The van der Waals surface area contributed by atoms with E-state index in [9.17, 15) is 0 Å². The molecule has 0 unspecified atom stereocenters. The summed E-state index contributed by atoms with van der Waals surface area (Å²) in [5, 5.41) is 0. The summed E-state index contributed by atoms with van der Waals surface area (Å²) in [5.74, 6) is 0. The van der Waals surface area contributed by atoms with Crippen LogP contribution in [-0.4, -0.2) is 0 Å². The van der Waals surface area contributed by atoms with Gasteiger partial charge in [-0.05, 0) is 0 Å². The molecule has 0 saturated carbocycles. The minimum Gasteiger partial charge on any atom is -0.335 e. The fourth-order valence-corrected chi connectivity index (χ4v) is 0. The molecule has 5 heavy (non-hydrogen) atoms. The van der Waals surface area contributed by atoms with Gasteiger partial charge in [0.1, 0.15) is 0 Å². The summed E-state index contributed by atoms with van der Waals surface area (Å²) in [4.78, 5) is 0. The second kappa shape index (κ2) is 18.7. The first-order valence-corrected chi connectivity index (χ1v) is 1.15. The predicted molar refractivity (Wildman–Crippen MR) is 31.1 cm³/mol. The zero-order valence-corrected chi connectivity index (χ0v) is 6.87. The van der Waals surface area contributed by atoms with E-state index in [1.54, 1.807) is 0 Å². The minimum absolute atomic E-state index is 0. The molecule has 0 nitrogen and oxygen atoms in total. The number of halogens is 1. The molecule has 35 valence electrons. The Balaban J connectivity index is -0.0000000200. The van der Waals surface area contributed by atoms with E-state index in [0.29, 0.717) is 0 Å². The monoisotopic (exact) mass is 226 g/mol. The van der Waals surface area contributed by atoms with Gasteiger partial charge in [-0.25, -0.2) is 0 Å². The molecule has 0 fully saturated rings. The Morgan fingerprint density at radius 2 is 1.20 bits per heavy atom. The largest absolute Gasteiger partial charge is 0.335 e. The molecule has 0 N–H and O–H groups in total. The molecule has 0 aromatic rings. The molecular weight excluding hydrogens is 218 g/mol. The summed E-state index contributed by atoms with van der Waals surface area (Å²) < 4.78 is 0. The zero-order chi connectivity index (χ0) is 2.71. The Kier molecular flexibility index (Phi) is 61.1. The molecule has 0 aromatic carbocycles. The van der Waals surface area contributed by atoms with Gasteiger partial charge >= 0.3 is 0 Å². The summed E-state index contributed by atoms with van der Waals surface area (Å²) >= 11 is 0. The van der Waals surface area contributed by atoms with Crippen LogP contribution < -0.4 is 0 Å². The molecule has 0 aromatic heterocycles. The van der Waals surface area contributed by atoms with Crippen molar-refractivity contribution in [1.82, 2.24) is 0 Å². The molecule has 0 bridgehead atoms. The third-order valence-electron chi connectivity index (χ3n) is 0. The Labute approximate surface area is 61.2 Å². The van der Waals surface area contributed by atoms with E-state index in [0.717, 1.165) is 0 Å². The third-order valence-corrected chi connectivity index (χ3v) is 0. The van der Waals surface area contributed by atoms with E-state index >= 15 is 0 Å². The first-order valence-electron chi connectivity index (χ1n) is 1.15. The summed E-state index contributed by atoms with van der Waals surface area (Å²) in [6.45, 7) is 4.00. The molecular formula is C3H8IMn-. The second-order valence-corrected chi connectivity index (χ2v) is 0.577. The predicted octanol–water partition coefficient (Wildman–Crippen LogP) is 1.85. The van der Waals surface area contributed by atoms with E-state index in [1.165, 1.54) is 0 Å². The average molecular weight is 226 g/mol. The van der Waals surface area contributed by atoms with Gasteiger partial charge in [-0.3, -0.25) is 0 Å². The molecule has 0 amide bonds. The van der Waals surface area contributed by atoms with Crippen molar-refractivity contribution in [3.63, 3.8) is 0 Å². The first-order chi connectivity index (χ1) is 1.41. The Bertz CT molecular complexity index is 6.85. The van der Waals surface area contributed by atoms with Gasteiger partial charge in [0, 0.05) is 17.1 Å². The van der Waals surface area contributed by atoms with Crippen molar-refractivity contribution in [3.05, 3.63) is 6.42 Å². The number of hydrogen-bond donors (Lipinski definition) is 0. The smallest absolute Gasteiger partial charge is 0 e. The standard InChI is InChI=1S/C3H7.HI.Mn/c1-3-2;;/h3H,1-2H3;1H;/q-1;;. The molecule has 0 rings (SSSR count). The zero-order valence-electron chi connectivity index (χ0n) is 3.36. The van der Waals surface area contributed by atoms with Crippen molar-refractivity contribution < 1.29 is 17.1 Å². The van der Waals surface area contributed by atoms with Crippen molar-refractivity contribution in [2.45, 2.75) is 13.8 Å². The van der Waals surface area contributed by atoms with Crippen LogP contribution in [0.15, 0.2) is 0 Å². The van der Waals surface area contributed by atoms with Crippen LogP contribution in [-0.2, 0) is 17.1 Å². The Morgan fingerprint density at radius 1 is 1.20 bits per heavy atom. The molecule has 0 aliphatic heterocycles.